The number of carbonyl (C=O) groups is 2. The number of H-pyrrole nitrogens is 1. The lowest BCUT2D eigenvalue weighted by Gasteiger charge is -2.13. The summed E-state index contributed by atoms with van der Waals surface area (Å²) in [4.78, 5) is 26.7. The van der Waals surface area contributed by atoms with E-state index in [1.54, 1.807) is 18.3 Å². The van der Waals surface area contributed by atoms with Crippen molar-refractivity contribution in [1.29, 1.82) is 0 Å². The highest BCUT2D eigenvalue weighted by Gasteiger charge is 2.14. The van der Waals surface area contributed by atoms with E-state index in [1.807, 2.05) is 31.2 Å². The molecule has 6 heteroatoms. The number of carbonyl (C=O) groups excluding carboxylic acids is 1. The van der Waals surface area contributed by atoms with Crippen molar-refractivity contribution in [3.05, 3.63) is 59.8 Å². The molecule has 2 amide bonds. The van der Waals surface area contributed by atoms with Crippen LogP contribution in [0.25, 0.3) is 10.9 Å². The lowest BCUT2D eigenvalue weighted by atomic mass is 10.0. The molecular weight excluding hydrogens is 306 g/mol. The fraction of sp³-hybridized carbons (Fsp3) is 0.111. The first-order chi connectivity index (χ1) is 11.6. The van der Waals surface area contributed by atoms with E-state index in [-0.39, 0.29) is 5.56 Å². The number of urea groups is 1. The first kappa shape index (κ1) is 15.6. The first-order valence-electron chi connectivity index (χ1n) is 7.59. The maximum atomic E-state index is 12.3. The number of carboxylic acids is 1. The summed E-state index contributed by atoms with van der Waals surface area (Å²) in [5.74, 6) is -1.01. The third-order valence-electron chi connectivity index (χ3n) is 3.85. The van der Waals surface area contributed by atoms with Gasteiger partial charge in [-0.15, -0.1) is 0 Å². The molecule has 0 aliphatic heterocycles. The maximum absolute atomic E-state index is 12.3. The molecule has 0 saturated carbocycles. The van der Waals surface area contributed by atoms with E-state index < -0.39 is 12.0 Å². The number of aromatic carboxylic acids is 1. The van der Waals surface area contributed by atoms with Gasteiger partial charge in [0.15, 0.2) is 0 Å². The molecule has 4 N–H and O–H groups in total. The van der Waals surface area contributed by atoms with Crippen LogP contribution in [0.5, 0.6) is 0 Å². The molecule has 0 saturated heterocycles. The number of hydrogen-bond acceptors (Lipinski definition) is 2. The predicted octanol–water partition coefficient (Wildman–Crippen LogP) is 4.07. The normalized spacial score (nSPS) is 10.5. The summed E-state index contributed by atoms with van der Waals surface area (Å²) in [5, 5.41) is 15.7. The van der Waals surface area contributed by atoms with Crippen LogP contribution in [0, 0.1) is 0 Å². The third-order valence-corrected chi connectivity index (χ3v) is 3.85. The molecule has 24 heavy (non-hydrogen) atoms. The minimum absolute atomic E-state index is 0.197. The highest BCUT2D eigenvalue weighted by Crippen LogP contribution is 2.24. The van der Waals surface area contributed by atoms with E-state index in [4.69, 9.17) is 0 Å². The van der Waals surface area contributed by atoms with Crippen LogP contribution < -0.4 is 10.6 Å². The quantitative estimate of drug-likeness (QED) is 0.583. The molecule has 3 aromatic rings. The summed E-state index contributed by atoms with van der Waals surface area (Å²) in [6.45, 7) is 1.85. The highest BCUT2D eigenvalue weighted by molar-refractivity contribution is 6.06. The van der Waals surface area contributed by atoms with E-state index in [9.17, 15) is 14.7 Å². The molecule has 6 nitrogen and oxygen atoms in total. The number of aromatic amines is 1. The molecule has 0 bridgehead atoms. The molecule has 0 atom stereocenters. The second kappa shape index (κ2) is 6.45. The molecule has 0 radical (unpaired) electrons. The smallest absolute Gasteiger partial charge is 0.336 e. The van der Waals surface area contributed by atoms with Gasteiger partial charge in [0.05, 0.1) is 11.3 Å². The second-order valence-corrected chi connectivity index (χ2v) is 5.31. The van der Waals surface area contributed by atoms with Crippen molar-refractivity contribution in [1.82, 2.24) is 4.98 Å². The average molecular weight is 323 g/mol. The van der Waals surface area contributed by atoms with Gasteiger partial charge in [-0.1, -0.05) is 19.1 Å². The van der Waals surface area contributed by atoms with Crippen molar-refractivity contribution in [3.63, 3.8) is 0 Å². The van der Waals surface area contributed by atoms with Crippen LogP contribution in [-0.2, 0) is 6.42 Å². The number of hydrogen-bond donors (Lipinski definition) is 4. The molecule has 3 rings (SSSR count). The summed E-state index contributed by atoms with van der Waals surface area (Å²) < 4.78 is 0. The molecule has 0 fully saturated rings. The Kier molecular flexibility index (Phi) is 4.20. The molecule has 1 aromatic heterocycles. The van der Waals surface area contributed by atoms with Crippen molar-refractivity contribution in [2.45, 2.75) is 13.3 Å². The van der Waals surface area contributed by atoms with Crippen molar-refractivity contribution in [3.8, 4) is 0 Å². The molecule has 0 spiro atoms. The van der Waals surface area contributed by atoms with Gasteiger partial charge in [-0.25, -0.2) is 9.59 Å². The lowest BCUT2D eigenvalue weighted by molar-refractivity contribution is 0.0695. The standard InChI is InChI=1S/C18H17N3O3/c1-2-11-12(17(22)23)5-3-7-15(11)20-18(24)21-16-8-4-6-14-13(16)9-10-19-14/h3-10,19H,2H2,1H3,(H,22,23)(H2,20,21,24). The van der Waals surface area contributed by atoms with Gasteiger partial charge < -0.3 is 20.7 Å². The van der Waals surface area contributed by atoms with E-state index in [0.29, 0.717) is 23.4 Å². The van der Waals surface area contributed by atoms with Gasteiger partial charge in [-0.3, -0.25) is 0 Å². The Labute approximate surface area is 138 Å². The van der Waals surface area contributed by atoms with E-state index in [2.05, 4.69) is 15.6 Å². The van der Waals surface area contributed by atoms with Crippen LogP contribution in [0.2, 0.25) is 0 Å². The number of benzene rings is 2. The van der Waals surface area contributed by atoms with E-state index in [0.717, 1.165) is 10.9 Å². The number of nitrogens with one attached hydrogen (secondary N) is 3. The van der Waals surface area contributed by atoms with Gasteiger partial charge in [0.2, 0.25) is 0 Å². The van der Waals surface area contributed by atoms with E-state index in [1.165, 1.54) is 6.07 Å². The molecule has 0 aliphatic carbocycles. The number of anilines is 2. The average Bonchev–Trinajstić information content (AvgIpc) is 3.04. The molecule has 0 aliphatic rings. The van der Waals surface area contributed by atoms with Crippen molar-refractivity contribution in [2.24, 2.45) is 0 Å². The summed E-state index contributed by atoms with van der Waals surface area (Å²) in [5.41, 5.74) is 2.90. The Morgan fingerprint density at radius 2 is 1.75 bits per heavy atom. The van der Waals surface area contributed by atoms with Crippen LogP contribution >= 0.6 is 0 Å². The minimum atomic E-state index is -1.01. The maximum Gasteiger partial charge on any atom is 0.336 e. The zero-order chi connectivity index (χ0) is 17.1. The Morgan fingerprint density at radius 1 is 1.04 bits per heavy atom. The molecule has 2 aromatic carbocycles. The number of amides is 2. The predicted molar refractivity (Wildman–Crippen MR) is 93.7 cm³/mol. The largest absolute Gasteiger partial charge is 0.478 e. The summed E-state index contributed by atoms with van der Waals surface area (Å²) in [7, 11) is 0. The molecule has 0 unspecified atom stereocenters. The van der Waals surface area contributed by atoms with Gasteiger partial charge >= 0.3 is 12.0 Å². The Hall–Kier alpha value is -3.28. The van der Waals surface area contributed by atoms with Crippen LogP contribution in [-0.4, -0.2) is 22.1 Å². The van der Waals surface area contributed by atoms with Crippen LogP contribution in [0.15, 0.2) is 48.7 Å². The van der Waals surface area contributed by atoms with Gasteiger partial charge in [0.1, 0.15) is 0 Å². The minimum Gasteiger partial charge on any atom is -0.478 e. The van der Waals surface area contributed by atoms with Crippen LogP contribution in [0.3, 0.4) is 0 Å². The SMILES string of the molecule is CCc1c(NC(=O)Nc2cccc3[nH]ccc23)cccc1C(=O)O. The number of rotatable bonds is 4. The number of aromatic nitrogens is 1. The summed E-state index contributed by atoms with van der Waals surface area (Å²) >= 11 is 0. The van der Waals surface area contributed by atoms with Crippen LogP contribution in [0.4, 0.5) is 16.2 Å². The zero-order valence-corrected chi connectivity index (χ0v) is 13.1. The molecule has 1 heterocycles. The van der Waals surface area contributed by atoms with Gasteiger partial charge in [-0.2, -0.15) is 0 Å². The van der Waals surface area contributed by atoms with Crippen molar-refractivity contribution < 1.29 is 14.7 Å². The highest BCUT2D eigenvalue weighted by atomic mass is 16.4. The Bertz CT molecular complexity index is 915. The zero-order valence-electron chi connectivity index (χ0n) is 13.1. The van der Waals surface area contributed by atoms with Gasteiger partial charge in [-0.05, 0) is 42.3 Å². The molecule has 122 valence electrons. The first-order valence-corrected chi connectivity index (χ1v) is 7.59. The van der Waals surface area contributed by atoms with E-state index >= 15 is 0 Å². The van der Waals surface area contributed by atoms with Crippen molar-refractivity contribution in [2.75, 3.05) is 10.6 Å². The third kappa shape index (κ3) is 2.94. The van der Waals surface area contributed by atoms with Crippen LogP contribution in [0.1, 0.15) is 22.8 Å². The Balaban J connectivity index is 1.84. The van der Waals surface area contributed by atoms with Gasteiger partial charge in [0.25, 0.3) is 0 Å². The summed E-state index contributed by atoms with van der Waals surface area (Å²) in [6.07, 6.45) is 2.31. The topological polar surface area (TPSA) is 94.2 Å². The second-order valence-electron chi connectivity index (χ2n) is 5.31. The lowest BCUT2D eigenvalue weighted by Crippen LogP contribution is -2.21. The van der Waals surface area contributed by atoms with Crippen molar-refractivity contribution >= 4 is 34.3 Å². The fourth-order valence-electron chi connectivity index (χ4n) is 2.76. The summed E-state index contributed by atoms with van der Waals surface area (Å²) in [6, 6.07) is 11.9. The number of carboxylic acid groups (broad SMARTS) is 1. The fourth-order valence-corrected chi connectivity index (χ4v) is 2.76. The molecular formula is C18H17N3O3. The number of fused-ring (bicyclic) bond motifs is 1. The monoisotopic (exact) mass is 323 g/mol. The van der Waals surface area contributed by atoms with Gasteiger partial charge in [0, 0.05) is 22.8 Å². The Morgan fingerprint density at radius 3 is 2.50 bits per heavy atom.